The Morgan fingerprint density at radius 1 is 0.925 bits per heavy atom. The summed E-state index contributed by atoms with van der Waals surface area (Å²) in [6, 6.07) is 28.9. The molecule has 0 saturated heterocycles. The van der Waals surface area contributed by atoms with Gasteiger partial charge >= 0.3 is 6.03 Å². The molecule has 0 spiro atoms. The van der Waals surface area contributed by atoms with Crippen LogP contribution < -0.4 is 14.8 Å². The van der Waals surface area contributed by atoms with E-state index in [1.165, 1.54) is 0 Å². The zero-order chi connectivity index (χ0) is 27.6. The number of nitrogens with zero attached hydrogens (tertiary/aromatic N) is 4. The number of urea groups is 1. The fraction of sp³-hybridized carbons (Fsp3) is 0.188. The Kier molecular flexibility index (Phi) is 6.74. The Morgan fingerprint density at radius 2 is 1.68 bits per heavy atom. The number of hydrogen-bond donors (Lipinski definition) is 1. The molecule has 3 heterocycles. The fourth-order valence-electron chi connectivity index (χ4n) is 5.42. The van der Waals surface area contributed by atoms with Crippen molar-refractivity contribution in [3.63, 3.8) is 0 Å². The van der Waals surface area contributed by atoms with Crippen LogP contribution in [-0.4, -0.2) is 39.5 Å². The third-order valence-electron chi connectivity index (χ3n) is 7.34. The van der Waals surface area contributed by atoms with Gasteiger partial charge in [0.1, 0.15) is 17.3 Å². The first-order valence-corrected chi connectivity index (χ1v) is 13.3. The molecule has 202 valence electrons. The highest BCUT2D eigenvalue weighted by molar-refractivity contribution is 5.91. The number of carbonyl (C=O) groups is 1. The van der Waals surface area contributed by atoms with Gasteiger partial charge in [-0.3, -0.25) is 0 Å². The van der Waals surface area contributed by atoms with Gasteiger partial charge in [0.25, 0.3) is 0 Å². The first-order valence-electron chi connectivity index (χ1n) is 13.3. The number of fused-ring (bicyclic) bond motifs is 3. The van der Waals surface area contributed by atoms with Gasteiger partial charge in [-0.15, -0.1) is 0 Å². The van der Waals surface area contributed by atoms with Crippen LogP contribution in [0.4, 0.5) is 10.5 Å². The van der Waals surface area contributed by atoms with Crippen LogP contribution in [0.15, 0.2) is 97.2 Å². The minimum absolute atomic E-state index is 0.236. The number of nitrogens with one attached hydrogen (secondary N) is 1. The maximum atomic E-state index is 14.2. The zero-order valence-corrected chi connectivity index (χ0v) is 22.7. The third-order valence-corrected chi connectivity index (χ3v) is 7.34. The van der Waals surface area contributed by atoms with E-state index in [1.54, 1.807) is 14.2 Å². The van der Waals surface area contributed by atoms with E-state index in [2.05, 4.69) is 22.9 Å². The first-order chi connectivity index (χ1) is 19.6. The number of methoxy groups -OCH3 is 2. The second-order valence-corrected chi connectivity index (χ2v) is 9.59. The van der Waals surface area contributed by atoms with Crippen molar-refractivity contribution in [2.24, 2.45) is 0 Å². The summed E-state index contributed by atoms with van der Waals surface area (Å²) >= 11 is 0. The topological polar surface area (TPSA) is 73.6 Å². The molecule has 2 amide bonds. The molecule has 0 saturated carbocycles. The summed E-state index contributed by atoms with van der Waals surface area (Å²) in [5.74, 6) is 2.30. The molecule has 40 heavy (non-hydrogen) atoms. The standard InChI is InChI=1S/C32H31N5O3/c1-4-26-25-21-36(32(38)33-27-13-8-9-15-29(27)40-3)30(22-16-18-24(39-2)19-17-22)28-14-10-20-35(28)31(25)37(34-26)23-11-6-5-7-12-23/h5-20,30H,4,21H2,1-3H3,(H,33,38)/t30-/m0/s1. The van der Waals surface area contributed by atoms with Crippen LogP contribution in [-0.2, 0) is 13.0 Å². The van der Waals surface area contributed by atoms with Crippen molar-refractivity contribution in [3.05, 3.63) is 120 Å². The predicted molar refractivity (Wildman–Crippen MR) is 155 cm³/mol. The average Bonchev–Trinajstić information content (AvgIpc) is 3.59. The quantitative estimate of drug-likeness (QED) is 0.275. The Morgan fingerprint density at radius 3 is 2.40 bits per heavy atom. The number of para-hydroxylation sites is 3. The van der Waals surface area contributed by atoms with Crippen LogP contribution in [0.2, 0.25) is 0 Å². The van der Waals surface area contributed by atoms with Gasteiger partial charge in [-0.25, -0.2) is 9.48 Å². The second-order valence-electron chi connectivity index (χ2n) is 9.59. The van der Waals surface area contributed by atoms with Crippen LogP contribution in [0, 0.1) is 0 Å². The third kappa shape index (κ3) is 4.37. The molecular weight excluding hydrogens is 502 g/mol. The lowest BCUT2D eigenvalue weighted by molar-refractivity contribution is 0.194. The van der Waals surface area contributed by atoms with Gasteiger partial charge in [0.05, 0.1) is 49.6 Å². The molecule has 0 fully saturated rings. The normalized spacial score (nSPS) is 14.2. The van der Waals surface area contributed by atoms with Gasteiger partial charge in [-0.2, -0.15) is 5.10 Å². The van der Waals surface area contributed by atoms with Gasteiger partial charge in [0, 0.05) is 11.8 Å². The fourth-order valence-corrected chi connectivity index (χ4v) is 5.42. The zero-order valence-electron chi connectivity index (χ0n) is 22.7. The summed E-state index contributed by atoms with van der Waals surface area (Å²) in [4.78, 5) is 16.1. The maximum absolute atomic E-state index is 14.2. The molecule has 5 aromatic rings. The van der Waals surface area contributed by atoms with Crippen molar-refractivity contribution >= 4 is 11.7 Å². The molecular formula is C32H31N5O3. The minimum Gasteiger partial charge on any atom is -0.497 e. The minimum atomic E-state index is -0.378. The van der Waals surface area contributed by atoms with Crippen LogP contribution in [0.3, 0.4) is 0 Å². The number of aromatic nitrogens is 3. The van der Waals surface area contributed by atoms with E-state index in [4.69, 9.17) is 14.6 Å². The van der Waals surface area contributed by atoms with Crippen molar-refractivity contribution in [2.75, 3.05) is 19.5 Å². The Balaban J connectivity index is 1.54. The molecule has 0 bridgehead atoms. The summed E-state index contributed by atoms with van der Waals surface area (Å²) in [6.07, 6.45) is 2.78. The molecule has 1 aliphatic rings. The molecule has 2 aromatic heterocycles. The lowest BCUT2D eigenvalue weighted by atomic mass is 10.0. The molecule has 8 nitrogen and oxygen atoms in total. The number of benzene rings is 3. The molecule has 1 atom stereocenters. The highest BCUT2D eigenvalue weighted by Gasteiger charge is 2.36. The van der Waals surface area contributed by atoms with Gasteiger partial charge in [-0.05, 0) is 60.5 Å². The van der Waals surface area contributed by atoms with Gasteiger partial charge in [0.2, 0.25) is 0 Å². The smallest absolute Gasteiger partial charge is 0.323 e. The van der Waals surface area contributed by atoms with Crippen LogP contribution in [0.5, 0.6) is 11.5 Å². The van der Waals surface area contributed by atoms with Crippen molar-refractivity contribution < 1.29 is 14.3 Å². The maximum Gasteiger partial charge on any atom is 0.323 e. The van der Waals surface area contributed by atoms with Crippen LogP contribution in [0.1, 0.15) is 35.5 Å². The number of aryl methyl sites for hydroxylation is 1. The summed E-state index contributed by atoms with van der Waals surface area (Å²) in [7, 11) is 3.25. The van der Waals surface area contributed by atoms with E-state index >= 15 is 0 Å². The summed E-state index contributed by atoms with van der Waals surface area (Å²) < 4.78 is 15.1. The predicted octanol–water partition coefficient (Wildman–Crippen LogP) is 6.38. The first kappa shape index (κ1) is 25.3. The van der Waals surface area contributed by atoms with Crippen molar-refractivity contribution in [3.8, 4) is 23.0 Å². The lowest BCUT2D eigenvalue weighted by Crippen LogP contribution is -2.38. The van der Waals surface area contributed by atoms with Crippen LogP contribution >= 0.6 is 0 Å². The Labute approximate surface area is 233 Å². The highest BCUT2D eigenvalue weighted by atomic mass is 16.5. The molecule has 0 radical (unpaired) electrons. The van der Waals surface area contributed by atoms with E-state index in [1.807, 2.05) is 101 Å². The SMILES string of the molecule is CCc1nn(-c2ccccc2)c2c1CN(C(=O)Nc1ccccc1OC)[C@@H](c1ccc(OC)cc1)c1cccn1-2. The van der Waals surface area contributed by atoms with Crippen molar-refractivity contribution in [1.82, 2.24) is 19.2 Å². The van der Waals surface area contributed by atoms with Gasteiger partial charge < -0.3 is 24.3 Å². The van der Waals surface area contributed by atoms with E-state index in [0.717, 1.165) is 46.2 Å². The average molecular weight is 534 g/mol. The monoisotopic (exact) mass is 533 g/mol. The summed E-state index contributed by atoms with van der Waals surface area (Å²) in [6.45, 7) is 2.46. The molecule has 0 aliphatic carbocycles. The molecule has 1 aliphatic heterocycles. The lowest BCUT2D eigenvalue weighted by Gasteiger charge is -2.31. The number of amides is 2. The number of rotatable bonds is 6. The van der Waals surface area contributed by atoms with E-state index < -0.39 is 0 Å². The van der Waals surface area contributed by atoms with Crippen molar-refractivity contribution in [1.29, 1.82) is 0 Å². The Hall–Kier alpha value is -4.98. The molecule has 6 rings (SSSR count). The number of carbonyl (C=O) groups excluding carboxylic acids is 1. The molecule has 0 unspecified atom stereocenters. The van der Waals surface area contributed by atoms with Crippen LogP contribution in [0.25, 0.3) is 11.5 Å². The van der Waals surface area contributed by atoms with E-state index in [9.17, 15) is 4.79 Å². The van der Waals surface area contributed by atoms with E-state index in [0.29, 0.717) is 18.0 Å². The molecule has 8 heteroatoms. The van der Waals surface area contributed by atoms with Crippen molar-refractivity contribution in [2.45, 2.75) is 25.9 Å². The summed E-state index contributed by atoms with van der Waals surface area (Å²) in [5, 5.41) is 8.14. The number of anilines is 1. The van der Waals surface area contributed by atoms with Gasteiger partial charge in [-0.1, -0.05) is 49.4 Å². The highest BCUT2D eigenvalue weighted by Crippen LogP contribution is 2.39. The number of ether oxygens (including phenoxy) is 2. The largest absolute Gasteiger partial charge is 0.497 e. The second kappa shape index (κ2) is 10.6. The summed E-state index contributed by atoms with van der Waals surface area (Å²) in [5.41, 5.74) is 5.46. The number of hydrogen-bond acceptors (Lipinski definition) is 4. The Bertz CT molecular complexity index is 1640. The molecule has 3 aromatic carbocycles. The van der Waals surface area contributed by atoms with E-state index in [-0.39, 0.29) is 12.1 Å². The molecule has 1 N–H and O–H groups in total. The van der Waals surface area contributed by atoms with Gasteiger partial charge in [0.15, 0.2) is 0 Å².